The lowest BCUT2D eigenvalue weighted by atomic mass is 9.97. The van der Waals surface area contributed by atoms with Crippen LogP contribution in [-0.4, -0.2) is 32.0 Å². The van der Waals surface area contributed by atoms with E-state index in [9.17, 15) is 18.0 Å². The van der Waals surface area contributed by atoms with E-state index in [0.29, 0.717) is 5.69 Å². The first kappa shape index (κ1) is 21.5. The summed E-state index contributed by atoms with van der Waals surface area (Å²) in [6.45, 7) is 5.25. The Kier molecular flexibility index (Phi) is 6.72. The van der Waals surface area contributed by atoms with Gasteiger partial charge in [0.05, 0.1) is 31.6 Å². The van der Waals surface area contributed by atoms with Crippen LogP contribution in [0.15, 0.2) is 46.9 Å². The molecule has 6 nitrogen and oxygen atoms in total. The van der Waals surface area contributed by atoms with Crippen LogP contribution >= 0.6 is 7.74 Å². The maximum atomic E-state index is 13.4. The van der Waals surface area contributed by atoms with Crippen molar-refractivity contribution in [1.29, 1.82) is 0 Å². The Morgan fingerprint density at radius 3 is 2.37 bits per heavy atom. The maximum Gasteiger partial charge on any atom is 0.449 e. The van der Waals surface area contributed by atoms with Crippen LogP contribution < -0.4 is 0 Å². The van der Waals surface area contributed by atoms with Crippen LogP contribution in [0.3, 0.4) is 0 Å². The molecule has 0 N–H and O–H groups in total. The molecule has 0 bridgehead atoms. The quantitative estimate of drug-likeness (QED) is 0.284. The first-order valence-electron chi connectivity index (χ1n) is 8.17. The molecular weight excluding hydrogens is 386 g/mol. The minimum atomic E-state index is -4.95. The van der Waals surface area contributed by atoms with Gasteiger partial charge in [-0.25, -0.2) is 4.79 Å². The zero-order chi connectivity index (χ0) is 20.1. The number of hydrogen-bond acceptors (Lipinski definition) is 6. The standard InChI is InChI=1S/C17H21F3NO5P/c1-4-23-15(22)10-14(17(18,19)20)26-27(21-13-8-6-5-7-9-13)24-11-16(2,3)12-25-27/h5-10H,4,11-12H2,1-3H3/b14-10+. The van der Waals surface area contributed by atoms with Gasteiger partial charge in [0.1, 0.15) is 0 Å². The topological polar surface area (TPSA) is 66.4 Å². The smallest absolute Gasteiger partial charge is 0.449 e. The van der Waals surface area contributed by atoms with Crippen LogP contribution in [0.4, 0.5) is 18.9 Å². The number of rotatable bonds is 5. The van der Waals surface area contributed by atoms with Crippen molar-refractivity contribution >= 4 is 19.4 Å². The minimum absolute atomic E-state index is 0.0731. The van der Waals surface area contributed by atoms with E-state index in [2.05, 4.69) is 9.48 Å². The number of nitrogens with zero attached hydrogens (tertiary/aromatic N) is 1. The average molecular weight is 407 g/mol. The van der Waals surface area contributed by atoms with Crippen molar-refractivity contribution in [2.24, 2.45) is 10.2 Å². The summed E-state index contributed by atoms with van der Waals surface area (Å²) in [6, 6.07) is 8.24. The molecule has 0 unspecified atom stereocenters. The van der Waals surface area contributed by atoms with E-state index in [0.717, 1.165) is 0 Å². The molecule has 1 aliphatic heterocycles. The molecule has 1 heterocycles. The van der Waals surface area contributed by atoms with Crippen LogP contribution in [0, 0.1) is 5.41 Å². The number of carbonyl (C=O) groups excluding carboxylic acids is 1. The Bertz CT molecular complexity index is 733. The van der Waals surface area contributed by atoms with Gasteiger partial charge < -0.3 is 9.26 Å². The van der Waals surface area contributed by atoms with Gasteiger partial charge in [-0.2, -0.15) is 17.9 Å². The minimum Gasteiger partial charge on any atom is -0.463 e. The monoisotopic (exact) mass is 407 g/mol. The van der Waals surface area contributed by atoms with E-state index in [-0.39, 0.29) is 25.9 Å². The van der Waals surface area contributed by atoms with Crippen LogP contribution in [-0.2, 0) is 23.1 Å². The number of hydrogen-bond donors (Lipinski definition) is 0. The lowest BCUT2D eigenvalue weighted by Gasteiger charge is -2.36. The summed E-state index contributed by atoms with van der Waals surface area (Å²) in [5.74, 6) is -2.76. The highest BCUT2D eigenvalue weighted by Crippen LogP contribution is 2.61. The number of allylic oxidation sites excluding steroid dienone is 1. The fourth-order valence-corrected chi connectivity index (χ4v) is 4.12. The van der Waals surface area contributed by atoms with Crippen LogP contribution in [0.5, 0.6) is 0 Å². The number of esters is 1. The van der Waals surface area contributed by atoms with E-state index in [1.165, 1.54) is 6.92 Å². The Morgan fingerprint density at radius 2 is 1.85 bits per heavy atom. The molecule has 0 saturated carbocycles. The Labute approximate surface area is 155 Å². The van der Waals surface area contributed by atoms with Gasteiger partial charge in [0.2, 0.25) is 5.76 Å². The summed E-state index contributed by atoms with van der Waals surface area (Å²) < 4.78 is 65.1. The summed E-state index contributed by atoms with van der Waals surface area (Å²) in [7, 11) is -3.79. The molecule has 0 aromatic heterocycles. The van der Waals surface area contributed by atoms with Crippen LogP contribution in [0.25, 0.3) is 0 Å². The van der Waals surface area contributed by atoms with Gasteiger partial charge in [0.15, 0.2) is 0 Å². The largest absolute Gasteiger partial charge is 0.463 e. The zero-order valence-corrected chi connectivity index (χ0v) is 16.0. The molecule has 1 aromatic carbocycles. The highest BCUT2D eigenvalue weighted by Gasteiger charge is 2.45. The van der Waals surface area contributed by atoms with E-state index in [1.807, 2.05) is 13.8 Å². The molecular formula is C17H21F3NO5P. The summed E-state index contributed by atoms with van der Waals surface area (Å²) in [4.78, 5) is 11.5. The summed E-state index contributed by atoms with van der Waals surface area (Å²) >= 11 is 0. The summed E-state index contributed by atoms with van der Waals surface area (Å²) in [5.41, 5.74) is -0.0781. The molecule has 1 aliphatic rings. The molecule has 0 spiro atoms. The van der Waals surface area contributed by atoms with Gasteiger partial charge in [0.25, 0.3) is 0 Å². The molecule has 27 heavy (non-hydrogen) atoms. The fraction of sp³-hybridized carbons (Fsp3) is 0.471. The predicted octanol–water partition coefficient (Wildman–Crippen LogP) is 5.36. The van der Waals surface area contributed by atoms with Gasteiger partial charge in [-0.15, -0.1) is 0 Å². The molecule has 1 fully saturated rings. The first-order valence-corrected chi connectivity index (χ1v) is 9.66. The van der Waals surface area contributed by atoms with Crippen molar-refractivity contribution in [3.63, 3.8) is 0 Å². The highest BCUT2D eigenvalue weighted by molar-refractivity contribution is 7.51. The predicted molar refractivity (Wildman–Crippen MR) is 93.0 cm³/mol. The zero-order valence-electron chi connectivity index (χ0n) is 15.2. The van der Waals surface area contributed by atoms with Crippen LogP contribution in [0.2, 0.25) is 0 Å². The third kappa shape index (κ3) is 6.37. The van der Waals surface area contributed by atoms with Crippen molar-refractivity contribution in [2.45, 2.75) is 26.9 Å². The lowest BCUT2D eigenvalue weighted by molar-refractivity contribution is -0.140. The third-order valence-corrected chi connectivity index (χ3v) is 5.07. The van der Waals surface area contributed by atoms with Crippen molar-refractivity contribution in [3.05, 3.63) is 42.2 Å². The Hall–Kier alpha value is -1.83. The molecule has 2 rings (SSSR count). The van der Waals surface area contributed by atoms with Crippen molar-refractivity contribution in [3.8, 4) is 0 Å². The molecule has 0 radical (unpaired) electrons. The summed E-state index contributed by atoms with van der Waals surface area (Å²) in [6.07, 6.45) is -4.72. The molecule has 0 atom stereocenters. The van der Waals surface area contributed by atoms with E-state index in [4.69, 9.17) is 13.6 Å². The third-order valence-electron chi connectivity index (χ3n) is 3.26. The second kappa shape index (κ2) is 8.46. The van der Waals surface area contributed by atoms with Gasteiger partial charge >= 0.3 is 19.9 Å². The van der Waals surface area contributed by atoms with Crippen molar-refractivity contribution in [2.75, 3.05) is 19.8 Å². The number of ether oxygens (including phenoxy) is 1. The molecule has 1 aromatic rings. The van der Waals surface area contributed by atoms with Gasteiger partial charge in [-0.3, -0.25) is 9.05 Å². The van der Waals surface area contributed by atoms with E-state index in [1.54, 1.807) is 30.3 Å². The van der Waals surface area contributed by atoms with E-state index >= 15 is 0 Å². The highest BCUT2D eigenvalue weighted by atomic mass is 31.2. The van der Waals surface area contributed by atoms with E-state index < -0.39 is 31.1 Å². The maximum absolute atomic E-state index is 13.4. The number of alkyl halides is 3. The second-order valence-corrected chi connectivity index (χ2v) is 8.30. The molecule has 0 aliphatic carbocycles. The van der Waals surface area contributed by atoms with Gasteiger partial charge in [-0.1, -0.05) is 32.0 Å². The lowest BCUT2D eigenvalue weighted by Crippen LogP contribution is -2.30. The molecule has 1 saturated heterocycles. The fourth-order valence-electron chi connectivity index (χ4n) is 1.93. The second-order valence-electron chi connectivity index (χ2n) is 6.46. The summed E-state index contributed by atoms with van der Waals surface area (Å²) in [5, 5.41) is 0. The molecule has 0 amide bonds. The average Bonchev–Trinajstić information content (AvgIpc) is 2.57. The van der Waals surface area contributed by atoms with Crippen LogP contribution in [0.1, 0.15) is 20.8 Å². The Balaban J connectivity index is 2.44. The SMILES string of the molecule is CCOC(=O)/C=C(/OP1(=Nc2ccccc2)OCC(C)(C)CO1)C(F)(F)F. The van der Waals surface area contributed by atoms with Gasteiger partial charge in [-0.05, 0) is 19.1 Å². The number of carbonyl (C=O) groups is 1. The van der Waals surface area contributed by atoms with Crippen molar-refractivity contribution in [1.82, 2.24) is 0 Å². The normalized spacial score (nSPS) is 19.3. The first-order chi connectivity index (χ1) is 12.6. The van der Waals surface area contributed by atoms with Crippen molar-refractivity contribution < 1.29 is 36.3 Å². The Morgan fingerprint density at radius 1 is 1.26 bits per heavy atom. The number of benzene rings is 1. The van der Waals surface area contributed by atoms with Gasteiger partial charge in [0, 0.05) is 5.41 Å². The molecule has 150 valence electrons. The molecule has 10 heteroatoms. The number of halogens is 3.